The molecule has 24 heavy (non-hydrogen) atoms. The summed E-state index contributed by atoms with van der Waals surface area (Å²) in [6.07, 6.45) is 18.4. The normalized spacial score (nSPS) is 27.8. The summed E-state index contributed by atoms with van der Waals surface area (Å²) in [7, 11) is 0. The van der Waals surface area contributed by atoms with Crippen LogP contribution in [0, 0.1) is 24.7 Å². The van der Waals surface area contributed by atoms with Gasteiger partial charge in [-0.1, -0.05) is 81.4 Å². The van der Waals surface area contributed by atoms with E-state index in [2.05, 4.69) is 44.2 Å². The molecule has 1 unspecified atom stereocenters. The lowest BCUT2D eigenvalue weighted by molar-refractivity contribution is 0.187. The van der Waals surface area contributed by atoms with Gasteiger partial charge in [-0.05, 0) is 67.9 Å². The molecule has 0 heterocycles. The third-order valence-corrected chi connectivity index (χ3v) is 6.65. The first-order chi connectivity index (χ1) is 11.8. The van der Waals surface area contributed by atoms with Crippen LogP contribution < -0.4 is 0 Å². The Labute approximate surface area is 149 Å². The molecule has 1 aromatic rings. The number of hydrogen-bond donors (Lipinski definition) is 0. The fraction of sp³-hybridized carbons (Fsp3) is 0.667. The van der Waals surface area contributed by atoms with E-state index in [0.717, 1.165) is 17.8 Å². The van der Waals surface area contributed by atoms with Crippen LogP contribution in [0.2, 0.25) is 0 Å². The van der Waals surface area contributed by atoms with Crippen molar-refractivity contribution >= 4 is 5.57 Å². The Kier molecular flexibility index (Phi) is 6.58. The van der Waals surface area contributed by atoms with Crippen molar-refractivity contribution < 1.29 is 0 Å². The largest absolute Gasteiger partial charge is 0.0804 e. The van der Waals surface area contributed by atoms with E-state index in [4.69, 9.17) is 0 Å². The first-order valence-electron chi connectivity index (χ1n) is 10.5. The molecule has 1 saturated carbocycles. The maximum absolute atomic E-state index is 2.56. The van der Waals surface area contributed by atoms with Gasteiger partial charge in [0.25, 0.3) is 0 Å². The van der Waals surface area contributed by atoms with Crippen LogP contribution >= 0.6 is 0 Å². The van der Waals surface area contributed by atoms with E-state index in [9.17, 15) is 0 Å². The monoisotopic (exact) mass is 324 g/mol. The summed E-state index contributed by atoms with van der Waals surface area (Å²) in [6, 6.07) is 9.12. The molecule has 0 N–H and O–H groups in total. The molecular formula is C24H36. The molecule has 1 fully saturated rings. The number of benzene rings is 1. The highest BCUT2D eigenvalue weighted by Crippen LogP contribution is 2.42. The van der Waals surface area contributed by atoms with E-state index in [0.29, 0.717) is 0 Å². The Morgan fingerprint density at radius 3 is 2.25 bits per heavy atom. The van der Waals surface area contributed by atoms with Crippen molar-refractivity contribution in [2.45, 2.75) is 84.5 Å². The molecule has 0 radical (unpaired) electrons. The highest BCUT2D eigenvalue weighted by molar-refractivity contribution is 5.66. The average Bonchev–Trinajstić information content (AvgIpc) is 2.63. The zero-order valence-electron chi connectivity index (χ0n) is 15.9. The predicted molar refractivity (Wildman–Crippen MR) is 106 cm³/mol. The van der Waals surface area contributed by atoms with Gasteiger partial charge in [0.1, 0.15) is 0 Å². The molecular weight excluding hydrogens is 288 g/mol. The lowest BCUT2D eigenvalue weighted by Gasteiger charge is -2.35. The minimum absolute atomic E-state index is 0.968. The molecule has 0 amide bonds. The van der Waals surface area contributed by atoms with E-state index >= 15 is 0 Å². The van der Waals surface area contributed by atoms with Gasteiger partial charge in [0.05, 0.1) is 0 Å². The van der Waals surface area contributed by atoms with E-state index in [1.54, 1.807) is 5.57 Å². The second-order valence-electron chi connectivity index (χ2n) is 8.41. The van der Waals surface area contributed by atoms with Gasteiger partial charge < -0.3 is 0 Å². The van der Waals surface area contributed by atoms with Crippen LogP contribution in [-0.4, -0.2) is 0 Å². The fourth-order valence-corrected chi connectivity index (χ4v) is 4.94. The summed E-state index contributed by atoms with van der Waals surface area (Å²) in [6.45, 7) is 4.49. The number of aryl methyl sites for hydroxylation is 1. The first kappa shape index (κ1) is 17.8. The van der Waals surface area contributed by atoms with Crippen molar-refractivity contribution in [3.63, 3.8) is 0 Å². The SMILES string of the molecule is CCCCCC1CCC(C2CC=C(c3ccc(C)cc3)CC2)CC1. The van der Waals surface area contributed by atoms with Crippen molar-refractivity contribution in [3.8, 4) is 0 Å². The summed E-state index contributed by atoms with van der Waals surface area (Å²) in [5, 5.41) is 0. The highest BCUT2D eigenvalue weighted by atomic mass is 14.3. The number of unbranched alkanes of at least 4 members (excludes halogenated alkanes) is 2. The molecule has 0 aromatic heterocycles. The van der Waals surface area contributed by atoms with Crippen LogP contribution in [0.5, 0.6) is 0 Å². The first-order valence-corrected chi connectivity index (χ1v) is 10.5. The second-order valence-corrected chi connectivity index (χ2v) is 8.41. The van der Waals surface area contributed by atoms with Gasteiger partial charge in [-0.25, -0.2) is 0 Å². The summed E-state index contributed by atoms with van der Waals surface area (Å²) >= 11 is 0. The fourth-order valence-electron chi connectivity index (χ4n) is 4.94. The molecule has 0 spiro atoms. The van der Waals surface area contributed by atoms with Crippen LogP contribution in [0.4, 0.5) is 0 Å². The maximum atomic E-state index is 2.56. The molecule has 3 rings (SSSR count). The molecule has 2 aliphatic carbocycles. The molecule has 0 nitrogen and oxygen atoms in total. The Bertz CT molecular complexity index is 513. The van der Waals surface area contributed by atoms with Crippen LogP contribution in [0.1, 0.15) is 88.7 Å². The lowest BCUT2D eigenvalue weighted by atomic mass is 9.70. The van der Waals surface area contributed by atoms with Gasteiger partial charge in [-0.2, -0.15) is 0 Å². The minimum atomic E-state index is 0.968. The summed E-state index contributed by atoms with van der Waals surface area (Å²) in [5.74, 6) is 3.04. The van der Waals surface area contributed by atoms with Crippen molar-refractivity contribution in [2.24, 2.45) is 17.8 Å². The standard InChI is InChI=1S/C24H36/c1-3-4-5-6-20-9-13-22(14-10-20)24-17-15-23(16-18-24)21-11-7-19(2)8-12-21/h7-8,11-12,15,20,22,24H,3-6,9-10,13-14,16-18H2,1-2H3. The smallest absolute Gasteiger partial charge is 0.0228 e. The molecule has 1 aromatic carbocycles. The Hall–Kier alpha value is -1.04. The summed E-state index contributed by atoms with van der Waals surface area (Å²) < 4.78 is 0. The Morgan fingerprint density at radius 2 is 1.62 bits per heavy atom. The van der Waals surface area contributed by atoms with Crippen molar-refractivity contribution in [1.29, 1.82) is 0 Å². The topological polar surface area (TPSA) is 0 Å². The van der Waals surface area contributed by atoms with Gasteiger partial charge in [0.15, 0.2) is 0 Å². The molecule has 0 bridgehead atoms. The lowest BCUT2D eigenvalue weighted by Crippen LogP contribution is -2.23. The van der Waals surface area contributed by atoms with Crippen LogP contribution in [-0.2, 0) is 0 Å². The summed E-state index contributed by atoms with van der Waals surface area (Å²) in [5.41, 5.74) is 4.42. The quantitative estimate of drug-likeness (QED) is 0.473. The number of hydrogen-bond acceptors (Lipinski definition) is 0. The van der Waals surface area contributed by atoms with Gasteiger partial charge in [-0.15, -0.1) is 0 Å². The third kappa shape index (κ3) is 4.74. The second kappa shape index (κ2) is 8.88. The predicted octanol–water partition coefficient (Wildman–Crippen LogP) is 7.57. The Balaban J connectivity index is 1.46. The molecule has 2 aliphatic rings. The number of allylic oxidation sites excluding steroid dienone is 2. The molecule has 0 saturated heterocycles. The maximum Gasteiger partial charge on any atom is -0.0228 e. The molecule has 1 atom stereocenters. The molecule has 132 valence electrons. The van der Waals surface area contributed by atoms with Gasteiger partial charge in [-0.3, -0.25) is 0 Å². The van der Waals surface area contributed by atoms with Gasteiger partial charge >= 0.3 is 0 Å². The zero-order valence-corrected chi connectivity index (χ0v) is 15.9. The van der Waals surface area contributed by atoms with E-state index in [-0.39, 0.29) is 0 Å². The van der Waals surface area contributed by atoms with Crippen molar-refractivity contribution in [3.05, 3.63) is 41.5 Å². The Morgan fingerprint density at radius 1 is 0.875 bits per heavy atom. The number of rotatable bonds is 6. The average molecular weight is 325 g/mol. The van der Waals surface area contributed by atoms with Crippen LogP contribution in [0.3, 0.4) is 0 Å². The highest BCUT2D eigenvalue weighted by Gasteiger charge is 2.28. The third-order valence-electron chi connectivity index (χ3n) is 6.65. The van der Waals surface area contributed by atoms with Crippen molar-refractivity contribution in [1.82, 2.24) is 0 Å². The molecule has 0 aliphatic heterocycles. The summed E-state index contributed by atoms with van der Waals surface area (Å²) in [4.78, 5) is 0. The van der Waals surface area contributed by atoms with E-state index < -0.39 is 0 Å². The minimum Gasteiger partial charge on any atom is -0.0804 e. The van der Waals surface area contributed by atoms with Crippen molar-refractivity contribution in [2.75, 3.05) is 0 Å². The zero-order chi connectivity index (χ0) is 16.8. The van der Waals surface area contributed by atoms with E-state index in [1.807, 2.05) is 0 Å². The van der Waals surface area contributed by atoms with Crippen LogP contribution in [0.25, 0.3) is 5.57 Å². The van der Waals surface area contributed by atoms with Gasteiger partial charge in [0, 0.05) is 0 Å². The van der Waals surface area contributed by atoms with Crippen LogP contribution in [0.15, 0.2) is 30.3 Å². The molecule has 0 heteroatoms. The van der Waals surface area contributed by atoms with E-state index in [1.165, 1.54) is 81.8 Å². The van der Waals surface area contributed by atoms with Gasteiger partial charge in [0.2, 0.25) is 0 Å².